The molecule has 0 saturated carbocycles. The lowest BCUT2D eigenvalue weighted by atomic mass is 10.2. The molecule has 2 aromatic heterocycles. The third-order valence-corrected chi connectivity index (χ3v) is 3.98. The molecule has 138 valence electrons. The molecule has 0 spiro atoms. The van der Waals surface area contributed by atoms with Crippen molar-refractivity contribution in [2.75, 3.05) is 38.1 Å². The zero-order valence-electron chi connectivity index (χ0n) is 14.8. The van der Waals surface area contributed by atoms with Crippen LogP contribution >= 0.6 is 0 Å². The predicted octanol–water partition coefficient (Wildman–Crippen LogP) is 2.04. The van der Waals surface area contributed by atoms with Gasteiger partial charge in [0.2, 0.25) is 0 Å². The molecular formula is C17H21N5O4. The fourth-order valence-electron chi connectivity index (χ4n) is 2.64. The number of rotatable bonds is 4. The second kappa shape index (κ2) is 7.85. The predicted molar refractivity (Wildman–Crippen MR) is 93.3 cm³/mol. The fourth-order valence-corrected chi connectivity index (χ4v) is 2.64. The number of nitrogens with zero attached hydrogens (tertiary/aromatic N) is 4. The number of carbonyl (C=O) groups is 2. The Morgan fingerprint density at radius 3 is 2.54 bits per heavy atom. The van der Waals surface area contributed by atoms with E-state index in [4.69, 9.17) is 9.26 Å². The summed E-state index contributed by atoms with van der Waals surface area (Å²) in [6.45, 7) is 5.74. The largest absolute Gasteiger partial charge is 0.450 e. The number of hydrogen-bond donors (Lipinski definition) is 1. The van der Waals surface area contributed by atoms with Crippen LogP contribution in [0.1, 0.15) is 23.2 Å². The first kappa shape index (κ1) is 17.7. The van der Waals surface area contributed by atoms with Crippen LogP contribution in [0, 0.1) is 6.92 Å². The monoisotopic (exact) mass is 359 g/mol. The standard InChI is InChI=1S/C17H21N5O4/c1-3-25-17(24)22-8-6-21(7-9-22)16(23)14-5-4-13(11-18-14)19-15-10-12(2)26-20-15/h4-5,10-11H,3,6-9H2,1-2H3,(H,19,20). The van der Waals surface area contributed by atoms with Gasteiger partial charge in [0.05, 0.1) is 18.5 Å². The molecule has 2 aromatic rings. The summed E-state index contributed by atoms with van der Waals surface area (Å²) in [6, 6.07) is 5.19. The summed E-state index contributed by atoms with van der Waals surface area (Å²) in [7, 11) is 0. The summed E-state index contributed by atoms with van der Waals surface area (Å²) in [4.78, 5) is 31.8. The van der Waals surface area contributed by atoms with Gasteiger partial charge in [0.1, 0.15) is 11.5 Å². The molecule has 9 nitrogen and oxygen atoms in total. The Morgan fingerprint density at radius 2 is 1.96 bits per heavy atom. The van der Waals surface area contributed by atoms with Gasteiger partial charge in [0.25, 0.3) is 5.91 Å². The second-order valence-corrected chi connectivity index (χ2v) is 5.86. The number of anilines is 2. The van der Waals surface area contributed by atoms with Gasteiger partial charge in [-0.1, -0.05) is 5.16 Å². The minimum atomic E-state index is -0.337. The van der Waals surface area contributed by atoms with Crippen molar-refractivity contribution < 1.29 is 18.8 Å². The number of ether oxygens (including phenoxy) is 1. The van der Waals surface area contributed by atoms with E-state index in [0.717, 1.165) is 0 Å². The molecule has 0 atom stereocenters. The lowest BCUT2D eigenvalue weighted by Gasteiger charge is -2.33. The van der Waals surface area contributed by atoms with E-state index in [9.17, 15) is 9.59 Å². The van der Waals surface area contributed by atoms with Crippen molar-refractivity contribution in [3.05, 3.63) is 35.9 Å². The molecular weight excluding hydrogens is 338 g/mol. The summed E-state index contributed by atoms with van der Waals surface area (Å²) < 4.78 is 9.97. The molecule has 3 rings (SSSR count). The quantitative estimate of drug-likeness (QED) is 0.891. The summed E-state index contributed by atoms with van der Waals surface area (Å²) in [5.41, 5.74) is 1.07. The molecule has 1 fully saturated rings. The third-order valence-electron chi connectivity index (χ3n) is 3.98. The smallest absolute Gasteiger partial charge is 0.409 e. The Kier molecular flexibility index (Phi) is 5.35. The van der Waals surface area contributed by atoms with E-state index in [1.807, 2.05) is 0 Å². The minimum Gasteiger partial charge on any atom is -0.450 e. The van der Waals surface area contributed by atoms with Crippen molar-refractivity contribution in [3.63, 3.8) is 0 Å². The van der Waals surface area contributed by atoms with Crippen LogP contribution in [0.3, 0.4) is 0 Å². The van der Waals surface area contributed by atoms with Gasteiger partial charge in [-0.3, -0.25) is 4.79 Å². The van der Waals surface area contributed by atoms with Gasteiger partial charge in [-0.15, -0.1) is 0 Å². The van der Waals surface area contributed by atoms with Crippen molar-refractivity contribution >= 4 is 23.5 Å². The van der Waals surface area contributed by atoms with E-state index in [0.29, 0.717) is 55.7 Å². The lowest BCUT2D eigenvalue weighted by Crippen LogP contribution is -2.50. The average molecular weight is 359 g/mol. The number of pyridine rings is 1. The van der Waals surface area contributed by atoms with Gasteiger partial charge >= 0.3 is 6.09 Å². The maximum atomic E-state index is 12.6. The molecule has 1 N–H and O–H groups in total. The van der Waals surface area contributed by atoms with Gasteiger partial charge in [0, 0.05) is 32.2 Å². The minimum absolute atomic E-state index is 0.155. The first-order valence-electron chi connectivity index (χ1n) is 8.44. The van der Waals surface area contributed by atoms with E-state index < -0.39 is 0 Å². The number of aromatic nitrogens is 2. The zero-order valence-corrected chi connectivity index (χ0v) is 14.8. The number of piperazine rings is 1. The fraction of sp³-hybridized carbons (Fsp3) is 0.412. The van der Waals surface area contributed by atoms with Gasteiger partial charge in [-0.25, -0.2) is 9.78 Å². The molecule has 1 saturated heterocycles. The summed E-state index contributed by atoms with van der Waals surface area (Å²) in [5.74, 6) is 1.13. The zero-order chi connectivity index (χ0) is 18.5. The van der Waals surface area contributed by atoms with Gasteiger partial charge in [-0.05, 0) is 26.0 Å². The molecule has 0 unspecified atom stereocenters. The summed E-state index contributed by atoms with van der Waals surface area (Å²) in [6.07, 6.45) is 1.24. The molecule has 3 heterocycles. The van der Waals surface area contributed by atoms with Crippen molar-refractivity contribution in [1.82, 2.24) is 19.9 Å². The second-order valence-electron chi connectivity index (χ2n) is 5.86. The van der Waals surface area contributed by atoms with Crippen molar-refractivity contribution in [2.24, 2.45) is 0 Å². The Labute approximate surface area is 150 Å². The summed E-state index contributed by atoms with van der Waals surface area (Å²) >= 11 is 0. The molecule has 0 bridgehead atoms. The highest BCUT2D eigenvalue weighted by Crippen LogP contribution is 2.16. The van der Waals surface area contributed by atoms with Crippen LogP contribution in [0.2, 0.25) is 0 Å². The van der Waals surface area contributed by atoms with Crippen molar-refractivity contribution in [1.29, 1.82) is 0 Å². The van der Waals surface area contributed by atoms with E-state index >= 15 is 0 Å². The molecule has 9 heteroatoms. The maximum absolute atomic E-state index is 12.6. The molecule has 1 aliphatic heterocycles. The maximum Gasteiger partial charge on any atom is 0.409 e. The number of carbonyl (C=O) groups excluding carboxylic acids is 2. The van der Waals surface area contributed by atoms with Crippen LogP contribution in [0.15, 0.2) is 28.9 Å². The van der Waals surface area contributed by atoms with Crippen LogP contribution < -0.4 is 5.32 Å². The van der Waals surface area contributed by atoms with E-state index in [-0.39, 0.29) is 12.0 Å². The number of aryl methyl sites for hydroxylation is 1. The Balaban J connectivity index is 1.56. The Morgan fingerprint density at radius 1 is 1.23 bits per heavy atom. The molecule has 26 heavy (non-hydrogen) atoms. The lowest BCUT2D eigenvalue weighted by molar-refractivity contribution is 0.0566. The first-order chi connectivity index (χ1) is 12.6. The van der Waals surface area contributed by atoms with Gasteiger partial charge < -0.3 is 24.4 Å². The van der Waals surface area contributed by atoms with Gasteiger partial charge in [0.15, 0.2) is 5.82 Å². The highest BCUT2D eigenvalue weighted by molar-refractivity contribution is 5.92. The van der Waals surface area contributed by atoms with E-state index in [1.165, 1.54) is 0 Å². The third kappa shape index (κ3) is 4.11. The summed E-state index contributed by atoms with van der Waals surface area (Å²) in [5, 5.41) is 6.90. The highest BCUT2D eigenvalue weighted by atomic mass is 16.6. The normalized spacial score (nSPS) is 14.2. The number of nitrogens with one attached hydrogen (secondary N) is 1. The van der Waals surface area contributed by atoms with Crippen LogP contribution in [-0.4, -0.2) is 64.7 Å². The van der Waals surface area contributed by atoms with Gasteiger partial charge in [-0.2, -0.15) is 0 Å². The Hall–Kier alpha value is -3.10. The molecule has 1 aliphatic rings. The number of amides is 2. The van der Waals surface area contributed by atoms with Crippen LogP contribution in [0.25, 0.3) is 0 Å². The molecule has 0 aliphatic carbocycles. The SMILES string of the molecule is CCOC(=O)N1CCN(C(=O)c2ccc(Nc3cc(C)on3)cn2)CC1. The molecule has 0 radical (unpaired) electrons. The van der Waals surface area contributed by atoms with E-state index in [1.54, 1.807) is 48.0 Å². The van der Waals surface area contributed by atoms with Crippen LogP contribution in [-0.2, 0) is 4.74 Å². The van der Waals surface area contributed by atoms with Crippen molar-refractivity contribution in [2.45, 2.75) is 13.8 Å². The molecule has 0 aromatic carbocycles. The highest BCUT2D eigenvalue weighted by Gasteiger charge is 2.26. The van der Waals surface area contributed by atoms with Crippen molar-refractivity contribution in [3.8, 4) is 0 Å². The Bertz CT molecular complexity index is 766. The average Bonchev–Trinajstić information content (AvgIpc) is 3.07. The van der Waals surface area contributed by atoms with Crippen LogP contribution in [0.5, 0.6) is 0 Å². The first-order valence-corrected chi connectivity index (χ1v) is 8.44. The molecule has 2 amide bonds. The number of hydrogen-bond acceptors (Lipinski definition) is 7. The topological polar surface area (TPSA) is 101 Å². The van der Waals surface area contributed by atoms with Crippen LogP contribution in [0.4, 0.5) is 16.3 Å². The van der Waals surface area contributed by atoms with E-state index in [2.05, 4.69) is 15.5 Å².